The minimum atomic E-state index is -0.370. The molecule has 0 fully saturated rings. The highest BCUT2D eigenvalue weighted by Crippen LogP contribution is 2.41. The number of nitrogens with zero attached hydrogens (tertiary/aromatic N) is 2. The Morgan fingerprint density at radius 3 is 2.09 bits per heavy atom. The highest BCUT2D eigenvalue weighted by molar-refractivity contribution is 5.87. The summed E-state index contributed by atoms with van der Waals surface area (Å²) in [5, 5.41) is 11.4. The third-order valence-corrected chi connectivity index (χ3v) is 6.42. The van der Waals surface area contributed by atoms with Crippen LogP contribution in [0.15, 0.2) is 97.0 Å². The lowest BCUT2D eigenvalue weighted by atomic mass is 9.74. The number of rotatable bonds is 9. The van der Waals surface area contributed by atoms with Gasteiger partial charge in [-0.1, -0.05) is 89.2 Å². The summed E-state index contributed by atoms with van der Waals surface area (Å²) in [6, 6.07) is 22.6. The van der Waals surface area contributed by atoms with Gasteiger partial charge in [-0.25, -0.2) is 0 Å². The topological polar surface area (TPSA) is 35.8 Å². The third kappa shape index (κ3) is 6.10. The number of phenolic OH excluding ortho intramolecular Hbond substituents is 1. The van der Waals surface area contributed by atoms with Crippen LogP contribution in [0, 0.1) is 0 Å². The Balaban J connectivity index is 2.07. The Bertz CT molecular complexity index is 1190. The lowest BCUT2D eigenvalue weighted by Gasteiger charge is -2.30. The number of anilines is 1. The fraction of sp³-hybridized carbons (Fsp3) is 0.281. The Kier molecular flexibility index (Phi) is 8.01. The molecule has 35 heavy (non-hydrogen) atoms. The van der Waals surface area contributed by atoms with Crippen LogP contribution in [0.1, 0.15) is 56.9 Å². The maximum absolute atomic E-state index is 11.4. The molecule has 3 nitrogen and oxygen atoms in total. The van der Waals surface area contributed by atoms with Gasteiger partial charge in [0.05, 0.1) is 5.69 Å². The lowest BCUT2D eigenvalue weighted by molar-refractivity contribution is 0.450. The maximum Gasteiger partial charge on any atom is 0.128 e. The molecule has 0 bridgehead atoms. The van der Waals surface area contributed by atoms with Gasteiger partial charge in [-0.2, -0.15) is 0 Å². The largest absolute Gasteiger partial charge is 0.507 e. The molecule has 0 aromatic heterocycles. The normalized spacial score (nSPS) is 12.0. The first-order chi connectivity index (χ1) is 16.6. The highest BCUT2D eigenvalue weighted by Gasteiger charge is 2.29. The molecule has 0 spiro atoms. The van der Waals surface area contributed by atoms with Crippen molar-refractivity contribution in [2.45, 2.75) is 45.4 Å². The van der Waals surface area contributed by atoms with Crippen molar-refractivity contribution in [2.24, 2.45) is 4.99 Å². The summed E-state index contributed by atoms with van der Waals surface area (Å²) >= 11 is 0. The van der Waals surface area contributed by atoms with Crippen molar-refractivity contribution in [3.63, 3.8) is 0 Å². The zero-order chi connectivity index (χ0) is 25.6. The van der Waals surface area contributed by atoms with E-state index in [1.165, 1.54) is 0 Å². The Morgan fingerprint density at radius 2 is 1.49 bits per heavy atom. The van der Waals surface area contributed by atoms with Gasteiger partial charge in [-0.15, -0.1) is 13.2 Å². The van der Waals surface area contributed by atoms with Gasteiger partial charge in [-0.3, -0.25) is 4.99 Å². The van der Waals surface area contributed by atoms with E-state index < -0.39 is 0 Å². The number of aromatic hydroxyl groups is 1. The second-order valence-corrected chi connectivity index (χ2v) is 10.5. The molecule has 182 valence electrons. The lowest BCUT2D eigenvalue weighted by Crippen LogP contribution is -2.22. The van der Waals surface area contributed by atoms with Crippen molar-refractivity contribution in [3.05, 3.63) is 114 Å². The van der Waals surface area contributed by atoms with Crippen molar-refractivity contribution < 1.29 is 5.11 Å². The first-order valence-corrected chi connectivity index (χ1v) is 12.1. The number of phenols is 1. The van der Waals surface area contributed by atoms with Gasteiger partial charge >= 0.3 is 0 Å². The van der Waals surface area contributed by atoms with Crippen LogP contribution in [-0.2, 0) is 10.8 Å². The molecule has 0 radical (unpaired) electrons. The molecule has 1 N–H and O–H groups in total. The first kappa shape index (κ1) is 26.0. The van der Waals surface area contributed by atoms with E-state index >= 15 is 0 Å². The SMILES string of the molecule is C=CCN(CC=C)c1cccc(N=Cc2cc(C(C)(C)C)cc(C(C)(C)c3ccccc3)c2O)c1. The molecule has 3 aromatic rings. The third-order valence-electron chi connectivity index (χ3n) is 6.42. The summed E-state index contributed by atoms with van der Waals surface area (Å²) in [5.74, 6) is 0.270. The van der Waals surface area contributed by atoms with Crippen LogP contribution in [0.5, 0.6) is 5.75 Å². The first-order valence-electron chi connectivity index (χ1n) is 12.1. The molecule has 3 heteroatoms. The van der Waals surface area contributed by atoms with Crippen LogP contribution in [0.4, 0.5) is 11.4 Å². The van der Waals surface area contributed by atoms with Gasteiger partial charge in [0.15, 0.2) is 0 Å². The second kappa shape index (κ2) is 10.8. The van der Waals surface area contributed by atoms with Crippen molar-refractivity contribution in [1.29, 1.82) is 0 Å². The molecule has 0 heterocycles. The molecule has 0 aliphatic heterocycles. The molecule has 0 aliphatic carbocycles. The monoisotopic (exact) mass is 466 g/mol. The predicted molar refractivity (Wildman–Crippen MR) is 152 cm³/mol. The summed E-state index contributed by atoms with van der Waals surface area (Å²) in [7, 11) is 0. The minimum absolute atomic E-state index is 0.0758. The number of hydrogen-bond donors (Lipinski definition) is 1. The van der Waals surface area contributed by atoms with Crippen LogP contribution in [-0.4, -0.2) is 24.4 Å². The summed E-state index contributed by atoms with van der Waals surface area (Å²) in [4.78, 5) is 6.93. The van der Waals surface area contributed by atoms with E-state index in [0.29, 0.717) is 0 Å². The molecule has 3 aromatic carbocycles. The molecular weight excluding hydrogens is 428 g/mol. The van der Waals surface area contributed by atoms with E-state index in [-0.39, 0.29) is 16.6 Å². The number of benzene rings is 3. The van der Waals surface area contributed by atoms with Gasteiger partial charge in [0.25, 0.3) is 0 Å². The molecule has 0 saturated heterocycles. The minimum Gasteiger partial charge on any atom is -0.507 e. The molecule has 0 amide bonds. The van der Waals surface area contributed by atoms with Crippen LogP contribution >= 0.6 is 0 Å². The van der Waals surface area contributed by atoms with Crippen molar-refractivity contribution in [1.82, 2.24) is 0 Å². The van der Waals surface area contributed by atoms with Gasteiger partial charge in [0.1, 0.15) is 5.75 Å². The van der Waals surface area contributed by atoms with Crippen molar-refractivity contribution in [3.8, 4) is 5.75 Å². The maximum atomic E-state index is 11.4. The van der Waals surface area contributed by atoms with Crippen LogP contribution < -0.4 is 4.90 Å². The van der Waals surface area contributed by atoms with Gasteiger partial charge in [0, 0.05) is 41.5 Å². The zero-order valence-corrected chi connectivity index (χ0v) is 21.8. The Morgan fingerprint density at radius 1 is 0.829 bits per heavy atom. The van der Waals surface area contributed by atoms with Gasteiger partial charge in [0.2, 0.25) is 0 Å². The molecule has 3 rings (SSSR count). The van der Waals surface area contributed by atoms with Gasteiger partial charge in [-0.05, 0) is 40.8 Å². The molecular formula is C32H38N2O. The summed E-state index contributed by atoms with van der Waals surface area (Å²) in [6.45, 7) is 20.1. The van der Waals surface area contributed by atoms with Gasteiger partial charge < -0.3 is 10.0 Å². The van der Waals surface area contributed by atoms with Crippen molar-refractivity contribution in [2.75, 3.05) is 18.0 Å². The van der Waals surface area contributed by atoms with E-state index in [2.05, 4.69) is 83.0 Å². The van der Waals surface area contributed by atoms with E-state index in [9.17, 15) is 5.11 Å². The van der Waals surface area contributed by atoms with Crippen molar-refractivity contribution >= 4 is 17.6 Å². The van der Waals surface area contributed by atoms with Crippen LogP contribution in [0.25, 0.3) is 0 Å². The van der Waals surface area contributed by atoms with E-state index in [0.717, 1.165) is 46.7 Å². The Hall–Kier alpha value is -3.59. The van der Waals surface area contributed by atoms with Crippen LogP contribution in [0.2, 0.25) is 0 Å². The summed E-state index contributed by atoms with van der Waals surface area (Å²) in [6.07, 6.45) is 5.54. The predicted octanol–water partition coefficient (Wildman–Crippen LogP) is 7.94. The smallest absolute Gasteiger partial charge is 0.128 e. The molecule has 0 unspecified atom stereocenters. The summed E-state index contributed by atoms with van der Waals surface area (Å²) < 4.78 is 0. The average Bonchev–Trinajstić information content (AvgIpc) is 2.83. The summed E-state index contributed by atoms with van der Waals surface area (Å²) in [5.41, 5.74) is 5.36. The molecule has 0 saturated carbocycles. The number of aliphatic imine (C=N–C) groups is 1. The number of hydrogen-bond acceptors (Lipinski definition) is 3. The van der Waals surface area contributed by atoms with E-state index in [1.807, 2.05) is 48.6 Å². The quantitative estimate of drug-likeness (QED) is 0.257. The fourth-order valence-corrected chi connectivity index (χ4v) is 4.19. The van der Waals surface area contributed by atoms with E-state index in [1.54, 1.807) is 6.21 Å². The molecule has 0 aliphatic rings. The Labute approximate surface area is 211 Å². The van der Waals surface area contributed by atoms with Crippen LogP contribution in [0.3, 0.4) is 0 Å². The van der Waals surface area contributed by atoms with E-state index in [4.69, 9.17) is 4.99 Å². The fourth-order valence-electron chi connectivity index (χ4n) is 4.19. The standard InChI is InChI=1S/C32H38N2O/c1-8-18-34(19-9-2)28-17-13-16-27(22-28)33-23-24-20-26(31(3,4)5)21-29(30(24)35)32(6,7)25-14-11-10-12-15-25/h8-17,20-23,35H,1-2,18-19H2,3-7H3. The zero-order valence-electron chi connectivity index (χ0n) is 21.8. The molecule has 0 atom stereocenters. The second-order valence-electron chi connectivity index (χ2n) is 10.5. The average molecular weight is 467 g/mol. The highest BCUT2D eigenvalue weighted by atomic mass is 16.3.